The number of rotatable bonds is 7. The van der Waals surface area contributed by atoms with Crippen molar-refractivity contribution < 1.29 is 17.9 Å². The largest absolute Gasteiger partial charge is 0.457 e. The molecule has 0 aliphatic heterocycles. The summed E-state index contributed by atoms with van der Waals surface area (Å²) in [5, 5.41) is 2.61. The molecule has 0 fully saturated rings. The fraction of sp³-hybridized carbons (Fsp3) is 0.0357. The lowest BCUT2D eigenvalue weighted by Gasteiger charge is -2.14. The van der Waals surface area contributed by atoms with E-state index in [-0.39, 0.29) is 22.3 Å². The van der Waals surface area contributed by atoms with E-state index in [0.29, 0.717) is 45.2 Å². The molecule has 10 nitrogen and oxygen atoms in total. The Hall–Kier alpha value is -5.16. The normalized spacial score (nSPS) is 11.2. The van der Waals surface area contributed by atoms with E-state index in [0.717, 1.165) is 0 Å². The average molecular weight is 541 g/mol. The van der Waals surface area contributed by atoms with Gasteiger partial charge in [-0.2, -0.15) is 0 Å². The quantitative estimate of drug-likeness (QED) is 0.209. The lowest BCUT2D eigenvalue weighted by atomic mass is 10.1. The SMILES string of the molecule is CC(=O)Nc1ccc(S(=O)(=O)Nc2nc3cccc(N)c3nc2-c2cccc(Oc3ccc(N)cc3)c2)cc1. The highest BCUT2D eigenvalue weighted by Crippen LogP contribution is 2.33. The van der Waals surface area contributed by atoms with Crippen LogP contribution >= 0.6 is 0 Å². The molecule has 11 heteroatoms. The molecule has 0 bridgehead atoms. The molecule has 0 radical (unpaired) electrons. The minimum absolute atomic E-state index is 0.0162. The topological polar surface area (TPSA) is 162 Å². The van der Waals surface area contributed by atoms with Gasteiger partial charge in [0, 0.05) is 23.9 Å². The van der Waals surface area contributed by atoms with Crippen LogP contribution in [0.2, 0.25) is 0 Å². The molecule has 1 amide bonds. The van der Waals surface area contributed by atoms with Crippen molar-refractivity contribution in [2.75, 3.05) is 21.5 Å². The van der Waals surface area contributed by atoms with Crippen molar-refractivity contribution in [1.82, 2.24) is 9.97 Å². The van der Waals surface area contributed by atoms with Crippen LogP contribution in [0.3, 0.4) is 0 Å². The number of sulfonamides is 1. The van der Waals surface area contributed by atoms with Gasteiger partial charge in [0.1, 0.15) is 22.7 Å². The molecule has 0 spiro atoms. The maximum Gasteiger partial charge on any atom is 0.263 e. The number of nitrogen functional groups attached to an aromatic ring is 2. The van der Waals surface area contributed by atoms with Crippen LogP contribution in [0.4, 0.5) is 22.9 Å². The van der Waals surface area contributed by atoms with Crippen molar-refractivity contribution in [2.45, 2.75) is 11.8 Å². The molecule has 0 aliphatic carbocycles. The first-order valence-corrected chi connectivity index (χ1v) is 13.3. The van der Waals surface area contributed by atoms with Gasteiger partial charge in [-0.05, 0) is 72.8 Å². The summed E-state index contributed by atoms with van der Waals surface area (Å²) in [6, 6.07) is 24.9. The molecular weight excluding hydrogens is 516 g/mol. The van der Waals surface area contributed by atoms with E-state index in [4.69, 9.17) is 21.2 Å². The number of carbonyl (C=O) groups is 1. The molecule has 1 heterocycles. The van der Waals surface area contributed by atoms with Gasteiger partial charge in [-0.3, -0.25) is 9.52 Å². The first-order valence-electron chi connectivity index (χ1n) is 11.8. The third kappa shape index (κ3) is 5.73. The van der Waals surface area contributed by atoms with Gasteiger partial charge < -0.3 is 21.5 Å². The van der Waals surface area contributed by atoms with Crippen molar-refractivity contribution in [3.8, 4) is 22.8 Å². The number of nitrogens with one attached hydrogen (secondary N) is 2. The fourth-order valence-corrected chi connectivity index (χ4v) is 4.87. The van der Waals surface area contributed by atoms with E-state index in [2.05, 4.69) is 15.0 Å². The monoisotopic (exact) mass is 540 g/mol. The van der Waals surface area contributed by atoms with Crippen LogP contribution in [0.15, 0.2) is 95.9 Å². The summed E-state index contributed by atoms with van der Waals surface area (Å²) in [4.78, 5) is 20.5. The highest BCUT2D eigenvalue weighted by molar-refractivity contribution is 7.92. The number of carbonyl (C=O) groups excluding carboxylic acids is 1. The highest BCUT2D eigenvalue weighted by atomic mass is 32.2. The Labute approximate surface area is 224 Å². The van der Waals surface area contributed by atoms with Gasteiger partial charge in [0.15, 0.2) is 5.82 Å². The van der Waals surface area contributed by atoms with E-state index in [1.165, 1.54) is 31.2 Å². The number of fused-ring (bicyclic) bond motifs is 1. The number of para-hydroxylation sites is 1. The molecular formula is C28H24N6O4S. The minimum Gasteiger partial charge on any atom is -0.457 e. The first-order chi connectivity index (χ1) is 18.7. The highest BCUT2D eigenvalue weighted by Gasteiger charge is 2.21. The Kier molecular flexibility index (Phi) is 6.73. The van der Waals surface area contributed by atoms with Crippen molar-refractivity contribution in [3.63, 3.8) is 0 Å². The summed E-state index contributed by atoms with van der Waals surface area (Å²) in [6.45, 7) is 1.37. The van der Waals surface area contributed by atoms with Gasteiger partial charge >= 0.3 is 0 Å². The Morgan fingerprint density at radius 1 is 0.846 bits per heavy atom. The molecule has 5 aromatic rings. The number of aromatic nitrogens is 2. The third-order valence-corrected chi connectivity index (χ3v) is 7.02. The molecule has 39 heavy (non-hydrogen) atoms. The molecule has 0 saturated carbocycles. The number of hydrogen-bond donors (Lipinski definition) is 4. The lowest BCUT2D eigenvalue weighted by Crippen LogP contribution is -2.16. The number of anilines is 4. The Balaban J connectivity index is 1.55. The van der Waals surface area contributed by atoms with E-state index in [9.17, 15) is 13.2 Å². The molecule has 0 unspecified atom stereocenters. The maximum atomic E-state index is 13.3. The number of nitrogens with zero attached hydrogens (tertiary/aromatic N) is 2. The zero-order chi connectivity index (χ0) is 27.6. The van der Waals surface area contributed by atoms with Crippen LogP contribution in [0.25, 0.3) is 22.3 Å². The fourth-order valence-electron chi connectivity index (χ4n) is 3.86. The van der Waals surface area contributed by atoms with E-state index in [1.807, 2.05) is 0 Å². The molecule has 5 rings (SSSR count). The number of benzene rings is 4. The van der Waals surface area contributed by atoms with Crippen molar-refractivity contribution in [2.24, 2.45) is 0 Å². The number of ether oxygens (including phenoxy) is 1. The number of hydrogen-bond acceptors (Lipinski definition) is 8. The van der Waals surface area contributed by atoms with Crippen LogP contribution in [0.1, 0.15) is 6.92 Å². The number of nitrogens with two attached hydrogens (primary N) is 2. The Bertz CT molecular complexity index is 1790. The minimum atomic E-state index is -4.07. The molecule has 196 valence electrons. The molecule has 1 aromatic heterocycles. The number of amides is 1. The average Bonchev–Trinajstić information content (AvgIpc) is 2.90. The zero-order valence-corrected chi connectivity index (χ0v) is 21.6. The van der Waals surface area contributed by atoms with Gasteiger partial charge in [-0.1, -0.05) is 18.2 Å². The molecule has 0 aliphatic rings. The predicted molar refractivity (Wildman–Crippen MR) is 152 cm³/mol. The lowest BCUT2D eigenvalue weighted by molar-refractivity contribution is -0.114. The Morgan fingerprint density at radius 3 is 2.28 bits per heavy atom. The van der Waals surface area contributed by atoms with Crippen molar-refractivity contribution in [1.29, 1.82) is 0 Å². The van der Waals surface area contributed by atoms with Crippen molar-refractivity contribution in [3.05, 3.63) is 91.0 Å². The summed E-state index contributed by atoms with van der Waals surface area (Å²) in [7, 11) is -4.07. The molecule has 0 saturated heterocycles. The van der Waals surface area contributed by atoms with E-state index >= 15 is 0 Å². The smallest absolute Gasteiger partial charge is 0.263 e. The van der Waals surface area contributed by atoms with Gasteiger partial charge in [0.05, 0.1) is 16.1 Å². The Morgan fingerprint density at radius 2 is 1.56 bits per heavy atom. The van der Waals surface area contributed by atoms with Crippen LogP contribution in [0, 0.1) is 0 Å². The second kappa shape index (κ2) is 10.3. The van der Waals surface area contributed by atoms with Gasteiger partial charge in [-0.25, -0.2) is 18.4 Å². The summed E-state index contributed by atoms with van der Waals surface area (Å²) < 4.78 is 35.2. The molecule has 0 atom stereocenters. The van der Waals surface area contributed by atoms with Gasteiger partial charge in [0.2, 0.25) is 5.91 Å². The summed E-state index contributed by atoms with van der Waals surface area (Å²) in [5.41, 5.74) is 15.1. The van der Waals surface area contributed by atoms with Crippen molar-refractivity contribution >= 4 is 49.8 Å². The van der Waals surface area contributed by atoms with Crippen LogP contribution in [-0.2, 0) is 14.8 Å². The zero-order valence-electron chi connectivity index (χ0n) is 20.8. The standard InChI is InChI=1S/C28H24N6O4S/c1-17(35)31-20-10-14-23(15-11-20)39(36,37)34-28-26(33-27-24(30)6-3-7-25(27)32-28)18-4-2-5-22(16-18)38-21-12-8-19(29)9-13-21/h2-16H,29-30H2,1H3,(H,31,35)(H,32,34). The van der Waals surface area contributed by atoms with Gasteiger partial charge in [-0.15, -0.1) is 0 Å². The maximum absolute atomic E-state index is 13.3. The summed E-state index contributed by atoms with van der Waals surface area (Å²) >= 11 is 0. The summed E-state index contributed by atoms with van der Waals surface area (Å²) in [5.74, 6) is 0.840. The third-order valence-electron chi connectivity index (χ3n) is 5.67. The van der Waals surface area contributed by atoms with Crippen LogP contribution in [0.5, 0.6) is 11.5 Å². The van der Waals surface area contributed by atoms with E-state index in [1.54, 1.807) is 66.7 Å². The summed E-state index contributed by atoms with van der Waals surface area (Å²) in [6.07, 6.45) is 0. The second-order valence-corrected chi connectivity index (χ2v) is 10.3. The first kappa shape index (κ1) is 25.5. The predicted octanol–water partition coefficient (Wildman–Crippen LogP) is 5.01. The van der Waals surface area contributed by atoms with Crippen LogP contribution in [-0.4, -0.2) is 24.3 Å². The second-order valence-electron chi connectivity index (χ2n) is 8.65. The van der Waals surface area contributed by atoms with Gasteiger partial charge in [0.25, 0.3) is 10.0 Å². The van der Waals surface area contributed by atoms with E-state index < -0.39 is 10.0 Å². The molecule has 6 N–H and O–H groups in total. The van der Waals surface area contributed by atoms with Crippen LogP contribution < -0.4 is 26.2 Å². The molecule has 4 aromatic carbocycles.